The second kappa shape index (κ2) is 10.0. The molecule has 0 saturated heterocycles. The maximum atomic E-state index is 6.03. The second-order valence-electron chi connectivity index (χ2n) is 5.99. The fraction of sp³-hybridized carbons (Fsp3) is 0.150. The van der Waals surface area contributed by atoms with Crippen LogP contribution >= 0.6 is 11.6 Å². The molecule has 1 aliphatic rings. The largest absolute Gasteiger partial charge is 0.586 e. The molecule has 1 aliphatic heterocycles. The number of aryl methyl sites for hydroxylation is 1. The quantitative estimate of drug-likeness (QED) is 0.739. The average Bonchev–Trinajstić information content (AvgIpc) is 3.18. The van der Waals surface area contributed by atoms with E-state index in [1.165, 1.54) is 5.56 Å². The van der Waals surface area contributed by atoms with E-state index in [-0.39, 0.29) is 9.41 Å². The molecule has 0 saturated carbocycles. The maximum absolute atomic E-state index is 6.03. The summed E-state index contributed by atoms with van der Waals surface area (Å²) >= 11 is 5.92. The molecule has 3 rings (SSSR count). The molecular weight excluding hydrogens is 367 g/mol. The maximum Gasteiger partial charge on any atom is 0.586 e. The highest BCUT2D eigenvalue weighted by atomic mass is 35.5. The van der Waals surface area contributed by atoms with Gasteiger partial charge in [-0.25, -0.2) is 0 Å². The first-order valence-electron chi connectivity index (χ1n) is 8.21. The van der Waals surface area contributed by atoms with Crippen LogP contribution in [-0.4, -0.2) is 30.2 Å². The van der Waals surface area contributed by atoms with Crippen LogP contribution in [0.25, 0.3) is 17.7 Å². The number of allylic oxidation sites excluding steroid dienone is 2. The van der Waals surface area contributed by atoms with Crippen molar-refractivity contribution in [2.24, 2.45) is 5.73 Å². The molecule has 1 aromatic heterocycles. The van der Waals surface area contributed by atoms with E-state index in [2.05, 4.69) is 30.1 Å². The number of H-pyrrole nitrogens is 1. The molecule has 2 heterocycles. The van der Waals surface area contributed by atoms with Crippen molar-refractivity contribution in [1.29, 1.82) is 0 Å². The topological polar surface area (TPSA) is 44.8 Å². The van der Waals surface area contributed by atoms with Gasteiger partial charge in [-0.2, -0.15) is 0 Å². The smallest absolute Gasteiger partial charge is 0.355 e. The number of hydrogen-bond donors (Lipinski definition) is 2. The Morgan fingerprint density at radius 2 is 1.93 bits per heavy atom. The van der Waals surface area contributed by atoms with E-state index >= 15 is 0 Å². The van der Waals surface area contributed by atoms with Gasteiger partial charge in [-0.15, -0.1) is 0 Å². The Balaban J connectivity index is 0.00000182. The number of halogens is 3. The molecule has 27 heavy (non-hydrogen) atoms. The number of hydrogen-bond acceptors (Lipinski definition) is 1. The molecule has 0 unspecified atom stereocenters. The number of aromatic amines is 1. The first-order valence-corrected chi connectivity index (χ1v) is 8.58. The third kappa shape index (κ3) is 5.28. The zero-order valence-electron chi connectivity index (χ0n) is 15.0. The predicted molar refractivity (Wildman–Crippen MR) is 113 cm³/mol. The lowest BCUT2D eigenvalue weighted by Crippen LogP contribution is -2.09. The zero-order chi connectivity index (χ0) is 17.8. The normalized spacial score (nSPS) is 14.7. The van der Waals surface area contributed by atoms with Crippen LogP contribution < -0.4 is 5.73 Å². The van der Waals surface area contributed by atoms with Gasteiger partial charge in [0.25, 0.3) is 0 Å². The van der Waals surface area contributed by atoms with Gasteiger partial charge in [-0.05, 0) is 55.3 Å². The van der Waals surface area contributed by atoms with Gasteiger partial charge >= 0.3 is 7.98 Å². The molecule has 0 atom stereocenters. The SMILES string of the molecule is F.F.[B][N+]1=CC=CC1=C(CCN)c1[nH]c(/C=C/c2ccc(Cl)cc2)cc1C. The van der Waals surface area contributed by atoms with Crippen molar-refractivity contribution in [1.82, 2.24) is 4.98 Å². The summed E-state index contributed by atoms with van der Waals surface area (Å²) < 4.78 is 1.63. The van der Waals surface area contributed by atoms with Gasteiger partial charge in [0.2, 0.25) is 0 Å². The van der Waals surface area contributed by atoms with Crippen molar-refractivity contribution < 1.29 is 13.9 Å². The minimum absolute atomic E-state index is 0. The highest BCUT2D eigenvalue weighted by molar-refractivity contribution is 6.30. The molecule has 2 aromatic rings. The summed E-state index contributed by atoms with van der Waals surface area (Å²) in [6.45, 7) is 2.65. The molecular formula is C20H22BClF2N3+. The van der Waals surface area contributed by atoms with Crippen LogP contribution in [0.15, 0.2) is 48.2 Å². The van der Waals surface area contributed by atoms with E-state index in [0.717, 1.165) is 39.7 Å². The van der Waals surface area contributed by atoms with Crippen molar-refractivity contribution >= 4 is 43.5 Å². The lowest BCUT2D eigenvalue weighted by molar-refractivity contribution is -0.294. The summed E-state index contributed by atoms with van der Waals surface area (Å²) in [5.74, 6) is 0. The molecule has 0 bridgehead atoms. The third-order valence-corrected chi connectivity index (χ3v) is 4.40. The van der Waals surface area contributed by atoms with E-state index in [1.54, 1.807) is 4.49 Å². The molecule has 0 fully saturated rings. The monoisotopic (exact) mass is 388 g/mol. The molecule has 1 aromatic carbocycles. The van der Waals surface area contributed by atoms with E-state index in [1.807, 2.05) is 42.6 Å². The predicted octanol–water partition coefficient (Wildman–Crippen LogP) is 4.25. The molecule has 7 heteroatoms. The van der Waals surface area contributed by atoms with Crippen molar-refractivity contribution in [2.75, 3.05) is 6.54 Å². The molecule has 2 radical (unpaired) electrons. The van der Waals surface area contributed by atoms with Crippen LogP contribution in [0.1, 0.15) is 28.9 Å². The van der Waals surface area contributed by atoms with E-state index in [4.69, 9.17) is 25.3 Å². The van der Waals surface area contributed by atoms with Crippen molar-refractivity contribution in [2.45, 2.75) is 13.3 Å². The van der Waals surface area contributed by atoms with Crippen molar-refractivity contribution in [3.8, 4) is 0 Å². The van der Waals surface area contributed by atoms with Gasteiger partial charge in [-0.1, -0.05) is 29.8 Å². The number of rotatable bonds is 5. The first-order chi connectivity index (χ1) is 12.1. The lowest BCUT2D eigenvalue weighted by Gasteiger charge is -2.07. The molecule has 3 nitrogen and oxygen atoms in total. The molecule has 140 valence electrons. The third-order valence-electron chi connectivity index (χ3n) is 4.15. The van der Waals surface area contributed by atoms with Crippen molar-refractivity contribution in [3.05, 3.63) is 75.7 Å². The highest BCUT2D eigenvalue weighted by Gasteiger charge is 2.20. The fourth-order valence-corrected chi connectivity index (χ4v) is 3.05. The second-order valence-corrected chi connectivity index (χ2v) is 6.42. The summed E-state index contributed by atoms with van der Waals surface area (Å²) in [4.78, 5) is 3.49. The van der Waals surface area contributed by atoms with Gasteiger partial charge in [0, 0.05) is 28.4 Å². The average molecular weight is 389 g/mol. The van der Waals surface area contributed by atoms with Crippen LogP contribution in [0.5, 0.6) is 0 Å². The van der Waals surface area contributed by atoms with Gasteiger partial charge in [-0.3, -0.25) is 13.9 Å². The Kier molecular flexibility index (Phi) is 8.41. The zero-order valence-corrected chi connectivity index (χ0v) is 15.7. The molecule has 3 N–H and O–H groups in total. The molecule has 0 amide bonds. The van der Waals surface area contributed by atoms with E-state index < -0.39 is 0 Å². The summed E-state index contributed by atoms with van der Waals surface area (Å²) in [5, 5.41) is 0.737. The minimum atomic E-state index is 0. The Labute approximate surface area is 164 Å². The minimum Gasteiger partial charge on any atom is -0.355 e. The number of nitrogens with one attached hydrogen (secondary N) is 1. The van der Waals surface area contributed by atoms with Gasteiger partial charge in [0.05, 0.1) is 5.69 Å². The molecule has 0 spiro atoms. The number of benzene rings is 1. The standard InChI is InChI=1S/C20H20BClN3.2FH/c1-14-13-17(9-6-15-4-7-16(22)8-5-15)24-20(14)18(10-11-23)19-3-2-12-25(19)21;;/h2-9,12-13,24H,10-11,23H2,1H3;2*1H/q+1;;/b9-6+;;. The first kappa shape index (κ1) is 22.6. The summed E-state index contributed by atoms with van der Waals surface area (Å²) in [5.41, 5.74) is 12.3. The van der Waals surface area contributed by atoms with Crippen LogP contribution in [0.2, 0.25) is 5.02 Å². The van der Waals surface area contributed by atoms with Gasteiger partial charge in [0.1, 0.15) is 6.21 Å². The Hall–Kier alpha value is -2.44. The van der Waals surface area contributed by atoms with Crippen molar-refractivity contribution in [3.63, 3.8) is 0 Å². The van der Waals surface area contributed by atoms with Crippen LogP contribution in [0, 0.1) is 6.92 Å². The van der Waals surface area contributed by atoms with E-state index in [9.17, 15) is 0 Å². The Morgan fingerprint density at radius 3 is 2.52 bits per heavy atom. The van der Waals surface area contributed by atoms with Crippen LogP contribution in [-0.2, 0) is 0 Å². The Morgan fingerprint density at radius 1 is 1.22 bits per heavy atom. The fourth-order valence-electron chi connectivity index (χ4n) is 2.92. The van der Waals surface area contributed by atoms with E-state index in [0.29, 0.717) is 6.54 Å². The number of aromatic nitrogens is 1. The van der Waals surface area contributed by atoms with Gasteiger partial charge < -0.3 is 10.7 Å². The lowest BCUT2D eigenvalue weighted by atomic mass is 10.0. The molecule has 0 aliphatic carbocycles. The summed E-state index contributed by atoms with van der Waals surface area (Å²) in [6.07, 6.45) is 10.6. The number of nitrogens with two attached hydrogens (primary N) is 1. The highest BCUT2D eigenvalue weighted by Crippen LogP contribution is 2.27. The van der Waals surface area contributed by atoms with Crippen LogP contribution in [0.4, 0.5) is 9.41 Å². The summed E-state index contributed by atoms with van der Waals surface area (Å²) in [6, 6.07) is 9.87. The van der Waals surface area contributed by atoms with Gasteiger partial charge in [0.15, 0.2) is 5.70 Å². The van der Waals surface area contributed by atoms with Crippen LogP contribution in [0.3, 0.4) is 0 Å². The summed E-state index contributed by atoms with van der Waals surface area (Å²) in [7, 11) is 6.03. The number of nitrogens with zero attached hydrogens (tertiary/aromatic N) is 1. The Bertz CT molecular complexity index is 896.